The number of thiophene rings is 1. The molecule has 0 bridgehead atoms. The van der Waals surface area contributed by atoms with Gasteiger partial charge in [-0.3, -0.25) is 4.79 Å². The van der Waals surface area contributed by atoms with Gasteiger partial charge in [0.25, 0.3) is 0 Å². The van der Waals surface area contributed by atoms with Gasteiger partial charge in [-0.2, -0.15) is 9.61 Å². The Morgan fingerprint density at radius 3 is 2.93 bits per heavy atom. The van der Waals surface area contributed by atoms with Crippen LogP contribution in [0.5, 0.6) is 0 Å². The standard InChI is InChI=1S/C19H14N6O2S/c26-19(10-14-12-4-1-2-5-15(12)27-24-14)20-11-18-22-21-17-8-7-13(23-25(17)18)16-6-3-9-28-16/h1-9H,10-11H2,(H,20,26). The van der Waals surface area contributed by atoms with Crippen LogP contribution in [0.15, 0.2) is 58.4 Å². The molecule has 0 fully saturated rings. The lowest BCUT2D eigenvalue weighted by molar-refractivity contribution is -0.120. The second kappa shape index (κ2) is 6.86. The van der Waals surface area contributed by atoms with Gasteiger partial charge in [-0.15, -0.1) is 21.5 Å². The number of amides is 1. The van der Waals surface area contributed by atoms with E-state index in [4.69, 9.17) is 4.52 Å². The van der Waals surface area contributed by atoms with Crippen molar-refractivity contribution in [2.75, 3.05) is 0 Å². The number of fused-ring (bicyclic) bond motifs is 2. The Kier molecular flexibility index (Phi) is 4.06. The highest BCUT2D eigenvalue weighted by Crippen LogP contribution is 2.22. The van der Waals surface area contributed by atoms with Gasteiger partial charge >= 0.3 is 0 Å². The van der Waals surface area contributed by atoms with Gasteiger partial charge in [-0.05, 0) is 35.7 Å². The van der Waals surface area contributed by atoms with E-state index < -0.39 is 0 Å². The zero-order chi connectivity index (χ0) is 18.9. The van der Waals surface area contributed by atoms with Gasteiger partial charge in [-0.25, -0.2) is 0 Å². The van der Waals surface area contributed by atoms with E-state index in [1.165, 1.54) is 0 Å². The molecule has 0 atom stereocenters. The molecule has 5 rings (SSSR count). The highest BCUT2D eigenvalue weighted by atomic mass is 32.1. The topological polar surface area (TPSA) is 98.2 Å². The number of nitrogens with one attached hydrogen (secondary N) is 1. The molecule has 0 aliphatic rings. The molecule has 1 aromatic carbocycles. The van der Waals surface area contributed by atoms with Crippen molar-refractivity contribution in [3.63, 3.8) is 0 Å². The summed E-state index contributed by atoms with van der Waals surface area (Å²) in [6, 6.07) is 15.2. The number of carbonyl (C=O) groups is 1. The van der Waals surface area contributed by atoms with E-state index in [-0.39, 0.29) is 18.9 Å². The van der Waals surface area contributed by atoms with Crippen molar-refractivity contribution in [2.45, 2.75) is 13.0 Å². The zero-order valence-corrected chi connectivity index (χ0v) is 15.4. The summed E-state index contributed by atoms with van der Waals surface area (Å²) in [4.78, 5) is 13.4. The number of nitrogens with zero attached hydrogens (tertiary/aromatic N) is 5. The Morgan fingerprint density at radius 2 is 2.04 bits per heavy atom. The molecule has 1 N–H and O–H groups in total. The van der Waals surface area contributed by atoms with Gasteiger partial charge in [0.05, 0.1) is 17.8 Å². The van der Waals surface area contributed by atoms with Crippen molar-refractivity contribution in [3.05, 3.63) is 65.4 Å². The van der Waals surface area contributed by atoms with Crippen LogP contribution < -0.4 is 5.32 Å². The SMILES string of the molecule is O=C(Cc1noc2ccccc12)NCc1nnc2ccc(-c3cccs3)nn12. The molecule has 9 heteroatoms. The summed E-state index contributed by atoms with van der Waals surface area (Å²) in [6.07, 6.45) is 0.127. The molecule has 5 aromatic rings. The predicted molar refractivity (Wildman–Crippen MR) is 104 cm³/mol. The average Bonchev–Trinajstić information content (AvgIpc) is 3.46. The maximum Gasteiger partial charge on any atom is 0.226 e. The number of aromatic nitrogens is 5. The van der Waals surface area contributed by atoms with Crippen molar-refractivity contribution >= 4 is 33.9 Å². The van der Waals surface area contributed by atoms with Crippen LogP contribution in [0.25, 0.3) is 27.2 Å². The molecule has 138 valence electrons. The van der Waals surface area contributed by atoms with E-state index in [9.17, 15) is 4.79 Å². The summed E-state index contributed by atoms with van der Waals surface area (Å²) in [5, 5.41) is 22.5. The van der Waals surface area contributed by atoms with Gasteiger partial charge in [0.15, 0.2) is 17.1 Å². The number of hydrogen-bond acceptors (Lipinski definition) is 7. The molecule has 4 heterocycles. The average molecular weight is 390 g/mol. The van der Waals surface area contributed by atoms with Crippen molar-refractivity contribution in [1.29, 1.82) is 0 Å². The number of benzene rings is 1. The first kappa shape index (κ1) is 16.6. The zero-order valence-electron chi connectivity index (χ0n) is 14.6. The van der Waals surface area contributed by atoms with Gasteiger partial charge in [0.2, 0.25) is 5.91 Å². The van der Waals surface area contributed by atoms with Crippen molar-refractivity contribution in [1.82, 2.24) is 30.3 Å². The molecule has 0 aliphatic carbocycles. The fraction of sp³-hybridized carbons (Fsp3) is 0.105. The lowest BCUT2D eigenvalue weighted by Crippen LogP contribution is -2.26. The lowest BCUT2D eigenvalue weighted by Gasteiger charge is -2.04. The third-order valence-electron chi connectivity index (χ3n) is 4.32. The molecule has 28 heavy (non-hydrogen) atoms. The van der Waals surface area contributed by atoms with Crippen LogP contribution in [0, 0.1) is 0 Å². The molecule has 0 unspecified atom stereocenters. The Hall–Kier alpha value is -3.59. The van der Waals surface area contributed by atoms with E-state index in [0.717, 1.165) is 16.0 Å². The van der Waals surface area contributed by atoms with Crippen LogP contribution in [-0.4, -0.2) is 30.9 Å². The predicted octanol–water partition coefficient (Wildman–Crippen LogP) is 2.85. The minimum atomic E-state index is -0.176. The summed E-state index contributed by atoms with van der Waals surface area (Å²) in [6.45, 7) is 0.219. The molecule has 1 amide bonds. The number of hydrogen-bond donors (Lipinski definition) is 1. The van der Waals surface area contributed by atoms with Crippen molar-refractivity contribution in [3.8, 4) is 10.6 Å². The maximum atomic E-state index is 12.4. The summed E-state index contributed by atoms with van der Waals surface area (Å²) < 4.78 is 6.89. The maximum absolute atomic E-state index is 12.4. The normalized spacial score (nSPS) is 11.3. The third-order valence-corrected chi connectivity index (χ3v) is 5.22. The molecule has 8 nitrogen and oxygen atoms in total. The molecular weight excluding hydrogens is 376 g/mol. The lowest BCUT2D eigenvalue weighted by atomic mass is 10.1. The summed E-state index contributed by atoms with van der Waals surface area (Å²) >= 11 is 1.61. The molecular formula is C19H14N6O2S. The van der Waals surface area contributed by atoms with Crippen LogP contribution in [0.1, 0.15) is 11.5 Å². The first-order valence-corrected chi connectivity index (χ1v) is 9.51. The molecule has 0 spiro atoms. The highest BCUT2D eigenvalue weighted by molar-refractivity contribution is 7.13. The number of carbonyl (C=O) groups excluding carboxylic acids is 1. The molecule has 0 radical (unpaired) electrons. The van der Waals surface area contributed by atoms with Gasteiger partial charge in [0.1, 0.15) is 11.4 Å². The van der Waals surface area contributed by atoms with Crippen LogP contribution in [0.2, 0.25) is 0 Å². The van der Waals surface area contributed by atoms with Crippen LogP contribution >= 0.6 is 11.3 Å². The first-order valence-electron chi connectivity index (χ1n) is 8.63. The summed E-state index contributed by atoms with van der Waals surface area (Å²) in [7, 11) is 0. The quantitative estimate of drug-likeness (QED) is 0.495. The molecule has 0 saturated carbocycles. The number of para-hydroxylation sites is 1. The molecule has 0 saturated heterocycles. The minimum Gasteiger partial charge on any atom is -0.356 e. The van der Waals surface area contributed by atoms with Crippen LogP contribution in [0.3, 0.4) is 0 Å². The van der Waals surface area contributed by atoms with Gasteiger partial charge < -0.3 is 9.84 Å². The van der Waals surface area contributed by atoms with E-state index in [2.05, 4.69) is 25.8 Å². The Labute approximate surface area is 162 Å². The Balaban J connectivity index is 1.32. The monoisotopic (exact) mass is 390 g/mol. The fourth-order valence-corrected chi connectivity index (χ4v) is 3.65. The fourth-order valence-electron chi connectivity index (χ4n) is 2.96. The second-order valence-electron chi connectivity index (χ2n) is 6.16. The van der Waals surface area contributed by atoms with Gasteiger partial charge in [0, 0.05) is 5.39 Å². The molecule has 0 aliphatic heterocycles. The largest absolute Gasteiger partial charge is 0.356 e. The van der Waals surface area contributed by atoms with E-state index in [1.54, 1.807) is 15.9 Å². The smallest absolute Gasteiger partial charge is 0.226 e. The first-order chi connectivity index (χ1) is 13.8. The van der Waals surface area contributed by atoms with Crippen LogP contribution in [0.4, 0.5) is 0 Å². The Morgan fingerprint density at radius 1 is 1.11 bits per heavy atom. The third kappa shape index (κ3) is 3.01. The minimum absolute atomic E-state index is 0.127. The number of rotatable bonds is 5. The summed E-state index contributed by atoms with van der Waals surface area (Å²) in [5.74, 6) is 0.386. The molecule has 4 aromatic heterocycles. The Bertz CT molecular complexity index is 1270. The van der Waals surface area contributed by atoms with E-state index in [0.29, 0.717) is 22.7 Å². The van der Waals surface area contributed by atoms with Crippen LogP contribution in [-0.2, 0) is 17.8 Å². The highest BCUT2D eigenvalue weighted by Gasteiger charge is 2.14. The van der Waals surface area contributed by atoms with Crippen molar-refractivity contribution < 1.29 is 9.32 Å². The van der Waals surface area contributed by atoms with E-state index in [1.807, 2.05) is 53.9 Å². The van der Waals surface area contributed by atoms with E-state index >= 15 is 0 Å². The summed E-state index contributed by atoms with van der Waals surface area (Å²) in [5.41, 5.74) is 2.74. The van der Waals surface area contributed by atoms with Crippen molar-refractivity contribution in [2.24, 2.45) is 0 Å². The van der Waals surface area contributed by atoms with Gasteiger partial charge in [-0.1, -0.05) is 23.4 Å². The second-order valence-corrected chi connectivity index (χ2v) is 7.11.